The smallest absolute Gasteiger partial charge is 0.335 e. The fourth-order valence-electron chi connectivity index (χ4n) is 5.54. The van der Waals surface area contributed by atoms with Gasteiger partial charge in [0.15, 0.2) is 24.8 Å². The van der Waals surface area contributed by atoms with Crippen molar-refractivity contribution in [1.82, 2.24) is 20.3 Å². The van der Waals surface area contributed by atoms with E-state index in [9.17, 15) is 35.1 Å². The summed E-state index contributed by atoms with van der Waals surface area (Å²) >= 11 is 0. The molecule has 1 aromatic heterocycles. The molecule has 1 aromatic carbocycles. The van der Waals surface area contributed by atoms with Crippen LogP contribution in [0.3, 0.4) is 0 Å². The fraction of sp³-hybridized carbons (Fsp3) is 0.647. The number of hydrogen-bond acceptors (Lipinski definition) is 17. The van der Waals surface area contributed by atoms with Gasteiger partial charge in [0.25, 0.3) is 5.91 Å². The average molecular weight is 769 g/mol. The van der Waals surface area contributed by atoms with E-state index in [0.29, 0.717) is 39.6 Å². The number of ether oxygens (including phenoxy) is 9. The zero-order valence-corrected chi connectivity index (χ0v) is 29.9. The number of aliphatic hydroxyl groups is 4. The molecule has 20 heteroatoms. The van der Waals surface area contributed by atoms with E-state index in [0.717, 1.165) is 23.9 Å². The van der Waals surface area contributed by atoms with Crippen molar-refractivity contribution in [3.63, 3.8) is 0 Å². The average Bonchev–Trinajstić information content (AvgIpc) is 3.65. The van der Waals surface area contributed by atoms with Crippen molar-refractivity contribution < 1.29 is 77.8 Å². The molecular formula is C34H48N4O16. The maximum atomic E-state index is 13.0. The Labute approximate surface area is 311 Å². The maximum Gasteiger partial charge on any atom is 0.335 e. The lowest BCUT2D eigenvalue weighted by atomic mass is 9.96. The lowest BCUT2D eigenvalue weighted by Crippen LogP contribution is -2.66. The van der Waals surface area contributed by atoms with Crippen LogP contribution in [0.15, 0.2) is 30.5 Å². The van der Waals surface area contributed by atoms with E-state index < -0.39 is 73.3 Å². The van der Waals surface area contributed by atoms with Crippen molar-refractivity contribution in [2.75, 3.05) is 73.6 Å². The molecule has 0 aliphatic carbocycles. The largest absolute Gasteiger partial charge is 0.479 e. The van der Waals surface area contributed by atoms with Crippen LogP contribution in [0, 0.1) is 12.3 Å². The Morgan fingerprint density at radius 3 is 2.07 bits per heavy atom. The number of carbonyl (C=O) groups is 2. The molecule has 2 aliphatic rings. The van der Waals surface area contributed by atoms with Gasteiger partial charge < -0.3 is 73.5 Å². The Hall–Kier alpha value is -3.66. The predicted molar refractivity (Wildman–Crippen MR) is 181 cm³/mol. The number of carbonyl (C=O) groups excluding carboxylic acids is 1. The van der Waals surface area contributed by atoms with Crippen molar-refractivity contribution in [2.24, 2.45) is 0 Å². The van der Waals surface area contributed by atoms with Crippen molar-refractivity contribution in [3.8, 4) is 23.6 Å². The van der Waals surface area contributed by atoms with E-state index in [1.165, 1.54) is 7.11 Å². The number of aromatic nitrogens is 3. The third-order valence-electron chi connectivity index (χ3n) is 8.38. The SMILES string of the molecule is C#Cc1cccc(-c2cn(CCOCCOCCOCCOCCNC(=O)C3OC(OC4C(C(=O)O)OC(OC)C(O)C4O)C(O)C(O)C3OC)nn2)c1. The number of aliphatic carboxylic acids is 1. The highest BCUT2D eigenvalue weighted by atomic mass is 16.7. The molecule has 0 radical (unpaired) electrons. The summed E-state index contributed by atoms with van der Waals surface area (Å²) in [6.07, 6.45) is -9.66. The molecule has 3 heterocycles. The molecule has 300 valence electrons. The molecule has 2 aromatic rings. The third-order valence-corrected chi connectivity index (χ3v) is 8.38. The van der Waals surface area contributed by atoms with Crippen molar-refractivity contribution >= 4 is 11.9 Å². The van der Waals surface area contributed by atoms with Crippen LogP contribution in [0.1, 0.15) is 5.56 Å². The first-order valence-corrected chi connectivity index (χ1v) is 17.1. The Balaban J connectivity index is 1.05. The van der Waals surface area contributed by atoms with Crippen LogP contribution in [-0.2, 0) is 58.8 Å². The highest BCUT2D eigenvalue weighted by molar-refractivity contribution is 5.81. The summed E-state index contributed by atoms with van der Waals surface area (Å²) in [4.78, 5) is 24.8. The minimum absolute atomic E-state index is 0.0295. The van der Waals surface area contributed by atoms with Crippen LogP contribution in [0.2, 0.25) is 0 Å². The van der Waals surface area contributed by atoms with Crippen molar-refractivity contribution in [1.29, 1.82) is 0 Å². The molecule has 20 nitrogen and oxygen atoms in total. The maximum absolute atomic E-state index is 13.0. The number of nitrogens with one attached hydrogen (secondary N) is 1. The van der Waals surface area contributed by atoms with E-state index in [1.54, 1.807) is 4.68 Å². The highest BCUT2D eigenvalue weighted by Gasteiger charge is 2.54. The fourth-order valence-corrected chi connectivity index (χ4v) is 5.54. The molecule has 2 fully saturated rings. The molecule has 0 saturated carbocycles. The number of carboxylic acids is 1. The van der Waals surface area contributed by atoms with Crippen LogP contribution in [0.5, 0.6) is 0 Å². The second-order valence-electron chi connectivity index (χ2n) is 12.0. The van der Waals surface area contributed by atoms with E-state index in [-0.39, 0.29) is 26.4 Å². The van der Waals surface area contributed by atoms with Crippen LogP contribution in [0.4, 0.5) is 0 Å². The Morgan fingerprint density at radius 2 is 1.44 bits per heavy atom. The molecule has 0 spiro atoms. The number of amides is 1. The zero-order valence-electron chi connectivity index (χ0n) is 29.9. The number of nitrogens with zero attached hydrogens (tertiary/aromatic N) is 3. The summed E-state index contributed by atoms with van der Waals surface area (Å²) in [6, 6.07) is 7.52. The summed E-state index contributed by atoms with van der Waals surface area (Å²) in [7, 11) is 2.33. The molecule has 1 amide bonds. The summed E-state index contributed by atoms with van der Waals surface area (Å²) in [6.45, 7) is 3.06. The van der Waals surface area contributed by atoms with Crippen molar-refractivity contribution in [3.05, 3.63) is 36.0 Å². The van der Waals surface area contributed by atoms with Crippen LogP contribution < -0.4 is 5.32 Å². The molecule has 2 aliphatic heterocycles. The monoisotopic (exact) mass is 768 g/mol. The summed E-state index contributed by atoms with van der Waals surface area (Å²) < 4.78 is 50.0. The van der Waals surface area contributed by atoms with Crippen LogP contribution in [-0.4, -0.2) is 187 Å². The molecule has 2 saturated heterocycles. The first kappa shape index (κ1) is 43.1. The van der Waals surface area contributed by atoms with E-state index in [1.807, 2.05) is 30.5 Å². The van der Waals surface area contributed by atoms with Gasteiger partial charge in [0, 0.05) is 31.9 Å². The van der Waals surface area contributed by atoms with Gasteiger partial charge in [-0.3, -0.25) is 4.79 Å². The Morgan fingerprint density at radius 1 is 0.833 bits per heavy atom. The predicted octanol–water partition coefficient (Wildman–Crippen LogP) is -2.87. The minimum Gasteiger partial charge on any atom is -0.479 e. The molecule has 10 atom stereocenters. The van der Waals surface area contributed by atoms with Gasteiger partial charge >= 0.3 is 5.97 Å². The van der Waals surface area contributed by atoms with Crippen LogP contribution in [0.25, 0.3) is 11.3 Å². The van der Waals surface area contributed by atoms with Gasteiger partial charge in [-0.15, -0.1) is 11.5 Å². The standard InChI is InChI=1S/C34H48N4O16/c1-4-20-6-5-7-21(18-20)22-19-38(37-36-22)9-11-49-13-15-51-17-16-50-14-12-48-10-8-35-31(43)29-27(46-2)23(39)26(42)34(53-29)52-28-24(40)25(41)33(47-3)54-30(28)32(44)45/h1,5-7,18-19,23-30,33-34,39-42H,8-17H2,2-3H3,(H,35,43)(H,44,45). The number of benzene rings is 1. The molecular weight excluding hydrogens is 720 g/mol. The van der Waals surface area contributed by atoms with Gasteiger partial charge in [0.2, 0.25) is 0 Å². The first-order valence-electron chi connectivity index (χ1n) is 17.1. The summed E-state index contributed by atoms with van der Waals surface area (Å²) in [5.41, 5.74) is 2.39. The molecule has 54 heavy (non-hydrogen) atoms. The molecule has 0 bridgehead atoms. The quantitative estimate of drug-likeness (QED) is 0.0520. The van der Waals surface area contributed by atoms with Gasteiger partial charge in [-0.25, -0.2) is 9.48 Å². The van der Waals surface area contributed by atoms with Gasteiger partial charge in [-0.1, -0.05) is 23.3 Å². The van der Waals surface area contributed by atoms with Gasteiger partial charge in [0.05, 0.1) is 65.6 Å². The number of methoxy groups -OCH3 is 2. The number of carboxylic acid groups (broad SMARTS) is 1. The topological polar surface area (TPSA) is 261 Å². The number of aliphatic hydroxyl groups excluding tert-OH is 4. The first-order chi connectivity index (χ1) is 26.1. The van der Waals surface area contributed by atoms with E-state index in [2.05, 4.69) is 21.5 Å². The minimum atomic E-state index is -1.86. The number of rotatable bonds is 22. The van der Waals surface area contributed by atoms with E-state index >= 15 is 0 Å². The third kappa shape index (κ3) is 11.9. The second-order valence-corrected chi connectivity index (χ2v) is 12.0. The highest BCUT2D eigenvalue weighted by Crippen LogP contribution is 2.30. The lowest BCUT2D eigenvalue weighted by Gasteiger charge is -2.45. The normalized spacial score (nSPS) is 28.4. The van der Waals surface area contributed by atoms with Gasteiger partial charge in [0.1, 0.15) is 42.3 Å². The van der Waals surface area contributed by atoms with Crippen molar-refractivity contribution in [2.45, 2.75) is 68.0 Å². The van der Waals surface area contributed by atoms with Gasteiger partial charge in [-0.05, 0) is 12.1 Å². The number of terminal acetylenes is 1. The number of hydrogen-bond donors (Lipinski definition) is 6. The van der Waals surface area contributed by atoms with Gasteiger partial charge in [-0.2, -0.15) is 0 Å². The van der Waals surface area contributed by atoms with Crippen LogP contribution >= 0.6 is 0 Å². The molecule has 6 N–H and O–H groups in total. The summed E-state index contributed by atoms with van der Waals surface area (Å²) in [5, 5.41) is 62.5. The molecule has 4 rings (SSSR count). The Kier molecular flexibility index (Phi) is 17.6. The Bertz CT molecular complexity index is 1490. The second kappa shape index (κ2) is 22.0. The molecule has 10 unspecified atom stereocenters. The summed E-state index contributed by atoms with van der Waals surface area (Å²) in [5.74, 6) is 0.275. The van der Waals surface area contributed by atoms with E-state index in [4.69, 9.17) is 49.1 Å². The lowest BCUT2D eigenvalue weighted by molar-refractivity contribution is -0.348. The zero-order chi connectivity index (χ0) is 39.0.